The lowest BCUT2D eigenvalue weighted by molar-refractivity contribution is 0.518. The van der Waals surface area contributed by atoms with E-state index >= 15 is 0 Å². The van der Waals surface area contributed by atoms with Crippen LogP contribution in [0.5, 0.6) is 0 Å². The van der Waals surface area contributed by atoms with Gasteiger partial charge in [-0.25, -0.2) is 9.97 Å². The number of anilines is 2. The van der Waals surface area contributed by atoms with Gasteiger partial charge in [-0.05, 0) is 32.6 Å². The Labute approximate surface area is 129 Å². The van der Waals surface area contributed by atoms with Crippen LogP contribution in [0.25, 0.3) is 0 Å². The van der Waals surface area contributed by atoms with Gasteiger partial charge in [-0.15, -0.1) is 0 Å². The van der Waals surface area contributed by atoms with Crippen molar-refractivity contribution in [3.63, 3.8) is 0 Å². The molecule has 2 N–H and O–H groups in total. The van der Waals surface area contributed by atoms with Crippen LogP contribution in [0.4, 0.5) is 11.6 Å². The number of aromatic nitrogens is 2. The van der Waals surface area contributed by atoms with E-state index in [1.54, 1.807) is 0 Å². The van der Waals surface area contributed by atoms with Crippen LogP contribution in [0.2, 0.25) is 0 Å². The molecule has 1 fully saturated rings. The van der Waals surface area contributed by atoms with E-state index in [0.717, 1.165) is 54.9 Å². The molecule has 0 radical (unpaired) electrons. The fourth-order valence-electron chi connectivity index (χ4n) is 3.10. The summed E-state index contributed by atoms with van der Waals surface area (Å²) < 4.78 is 0. The molecule has 0 amide bonds. The summed E-state index contributed by atoms with van der Waals surface area (Å²) in [5.74, 6) is 3.87. The first-order valence-corrected chi connectivity index (χ1v) is 8.59. The summed E-state index contributed by atoms with van der Waals surface area (Å²) in [7, 11) is 0. The lowest BCUT2D eigenvalue weighted by atomic mass is 10.0. The average molecular weight is 290 g/mol. The van der Waals surface area contributed by atoms with Crippen LogP contribution in [0.1, 0.15) is 63.8 Å². The van der Waals surface area contributed by atoms with E-state index in [2.05, 4.69) is 36.4 Å². The van der Waals surface area contributed by atoms with Gasteiger partial charge in [0.2, 0.25) is 0 Å². The van der Waals surface area contributed by atoms with Crippen LogP contribution >= 0.6 is 0 Å². The van der Waals surface area contributed by atoms with Crippen molar-refractivity contribution >= 4 is 11.6 Å². The average Bonchev–Trinajstić information content (AvgIpc) is 2.97. The van der Waals surface area contributed by atoms with Gasteiger partial charge in [-0.1, -0.05) is 32.6 Å². The monoisotopic (exact) mass is 290 g/mol. The highest BCUT2D eigenvalue weighted by atomic mass is 15.1. The number of nitrogens with zero attached hydrogens (tertiary/aromatic N) is 2. The van der Waals surface area contributed by atoms with Crippen LogP contribution in [-0.2, 0) is 6.42 Å². The van der Waals surface area contributed by atoms with Gasteiger partial charge >= 0.3 is 0 Å². The molecule has 118 valence electrons. The first kappa shape index (κ1) is 16.1. The van der Waals surface area contributed by atoms with E-state index in [1.165, 1.54) is 32.1 Å². The number of nitrogens with one attached hydrogen (secondary N) is 2. The third kappa shape index (κ3) is 4.58. The maximum Gasteiger partial charge on any atom is 0.134 e. The number of hydrogen-bond donors (Lipinski definition) is 2. The first-order chi connectivity index (χ1) is 10.2. The van der Waals surface area contributed by atoms with Gasteiger partial charge in [0.1, 0.15) is 17.5 Å². The summed E-state index contributed by atoms with van der Waals surface area (Å²) in [5.41, 5.74) is 1.14. The van der Waals surface area contributed by atoms with E-state index in [-0.39, 0.29) is 0 Å². The molecule has 0 spiro atoms. The fourth-order valence-corrected chi connectivity index (χ4v) is 3.10. The van der Waals surface area contributed by atoms with E-state index in [0.29, 0.717) is 0 Å². The van der Waals surface area contributed by atoms with Crippen molar-refractivity contribution in [2.24, 2.45) is 5.92 Å². The Hall–Kier alpha value is -1.32. The van der Waals surface area contributed by atoms with E-state index < -0.39 is 0 Å². The summed E-state index contributed by atoms with van der Waals surface area (Å²) in [6.07, 6.45) is 8.95. The second-order valence-corrected chi connectivity index (χ2v) is 6.11. The van der Waals surface area contributed by atoms with Gasteiger partial charge in [0, 0.05) is 25.1 Å². The maximum absolute atomic E-state index is 4.71. The SMILES string of the molecule is CCCc1nc(NCC)c(C)c(NCCC2CCCC2)n1. The predicted octanol–water partition coefficient (Wildman–Crippen LogP) is 4.16. The lowest BCUT2D eigenvalue weighted by Crippen LogP contribution is -2.13. The van der Waals surface area contributed by atoms with Crippen molar-refractivity contribution < 1.29 is 0 Å². The summed E-state index contributed by atoms with van der Waals surface area (Å²) in [6.45, 7) is 8.30. The zero-order chi connectivity index (χ0) is 15.1. The van der Waals surface area contributed by atoms with Gasteiger partial charge in [0.25, 0.3) is 0 Å². The highest BCUT2D eigenvalue weighted by Crippen LogP contribution is 2.28. The predicted molar refractivity (Wildman–Crippen MR) is 90.0 cm³/mol. The van der Waals surface area contributed by atoms with Crippen molar-refractivity contribution in [1.29, 1.82) is 0 Å². The van der Waals surface area contributed by atoms with Crippen molar-refractivity contribution in [1.82, 2.24) is 9.97 Å². The molecule has 2 rings (SSSR count). The third-order valence-electron chi connectivity index (χ3n) is 4.33. The molecule has 1 aromatic rings. The molecule has 0 atom stereocenters. The Kier molecular flexibility index (Phi) is 6.27. The Morgan fingerprint density at radius 3 is 2.33 bits per heavy atom. The zero-order valence-corrected chi connectivity index (χ0v) is 13.8. The van der Waals surface area contributed by atoms with Gasteiger partial charge < -0.3 is 10.6 Å². The number of rotatable bonds is 8. The van der Waals surface area contributed by atoms with E-state index in [4.69, 9.17) is 4.98 Å². The van der Waals surface area contributed by atoms with Crippen LogP contribution < -0.4 is 10.6 Å². The molecular formula is C17H30N4. The largest absolute Gasteiger partial charge is 0.370 e. The van der Waals surface area contributed by atoms with Crippen molar-refractivity contribution in [3.8, 4) is 0 Å². The molecule has 4 nitrogen and oxygen atoms in total. The quantitative estimate of drug-likeness (QED) is 0.754. The smallest absolute Gasteiger partial charge is 0.134 e. The Morgan fingerprint density at radius 1 is 1.05 bits per heavy atom. The topological polar surface area (TPSA) is 49.8 Å². The summed E-state index contributed by atoms with van der Waals surface area (Å²) in [6, 6.07) is 0. The van der Waals surface area contributed by atoms with Crippen LogP contribution in [0, 0.1) is 12.8 Å². The standard InChI is InChI=1S/C17H30N4/c1-4-8-15-20-16(18-5-2)13(3)17(21-15)19-12-11-14-9-6-7-10-14/h14H,4-12H2,1-3H3,(H2,18,19,20,21). The molecule has 1 aromatic heterocycles. The molecule has 1 heterocycles. The fraction of sp³-hybridized carbons (Fsp3) is 0.765. The summed E-state index contributed by atoms with van der Waals surface area (Å²) in [5, 5.41) is 6.90. The molecule has 1 aliphatic carbocycles. The minimum Gasteiger partial charge on any atom is -0.370 e. The van der Waals surface area contributed by atoms with E-state index in [9.17, 15) is 0 Å². The Bertz CT molecular complexity index is 439. The number of aryl methyl sites for hydroxylation is 1. The van der Waals surface area contributed by atoms with Crippen molar-refractivity contribution in [3.05, 3.63) is 11.4 Å². The van der Waals surface area contributed by atoms with Crippen molar-refractivity contribution in [2.75, 3.05) is 23.7 Å². The zero-order valence-electron chi connectivity index (χ0n) is 13.8. The van der Waals surface area contributed by atoms with Crippen molar-refractivity contribution in [2.45, 2.75) is 65.7 Å². The van der Waals surface area contributed by atoms with Crippen LogP contribution in [-0.4, -0.2) is 23.1 Å². The normalized spacial score (nSPS) is 15.4. The van der Waals surface area contributed by atoms with Gasteiger partial charge in [0.15, 0.2) is 0 Å². The molecule has 1 saturated carbocycles. The molecule has 0 saturated heterocycles. The number of hydrogen-bond acceptors (Lipinski definition) is 4. The molecular weight excluding hydrogens is 260 g/mol. The second-order valence-electron chi connectivity index (χ2n) is 6.11. The molecule has 0 bridgehead atoms. The molecule has 1 aliphatic rings. The van der Waals surface area contributed by atoms with Crippen LogP contribution in [0.3, 0.4) is 0 Å². The third-order valence-corrected chi connectivity index (χ3v) is 4.33. The van der Waals surface area contributed by atoms with Gasteiger partial charge in [-0.3, -0.25) is 0 Å². The Morgan fingerprint density at radius 2 is 1.71 bits per heavy atom. The maximum atomic E-state index is 4.71. The van der Waals surface area contributed by atoms with Gasteiger partial charge in [-0.2, -0.15) is 0 Å². The summed E-state index contributed by atoms with van der Waals surface area (Å²) in [4.78, 5) is 9.34. The lowest BCUT2D eigenvalue weighted by Gasteiger charge is -2.15. The first-order valence-electron chi connectivity index (χ1n) is 8.59. The minimum atomic E-state index is 0.894. The molecule has 0 aromatic carbocycles. The molecule has 0 unspecified atom stereocenters. The minimum absolute atomic E-state index is 0.894. The Balaban J connectivity index is 2.01. The molecule has 4 heteroatoms. The van der Waals surface area contributed by atoms with Crippen LogP contribution in [0.15, 0.2) is 0 Å². The molecule has 21 heavy (non-hydrogen) atoms. The second kappa shape index (κ2) is 8.20. The highest BCUT2D eigenvalue weighted by molar-refractivity contribution is 5.57. The summed E-state index contributed by atoms with van der Waals surface area (Å²) >= 11 is 0. The highest BCUT2D eigenvalue weighted by Gasteiger charge is 2.15. The molecule has 0 aliphatic heterocycles. The van der Waals surface area contributed by atoms with E-state index in [1.807, 2.05) is 0 Å². The van der Waals surface area contributed by atoms with Gasteiger partial charge in [0.05, 0.1) is 0 Å².